The van der Waals surface area contributed by atoms with E-state index in [0.717, 1.165) is 5.56 Å². The van der Waals surface area contributed by atoms with Gasteiger partial charge in [0, 0.05) is 0 Å². The van der Waals surface area contributed by atoms with Crippen LogP contribution in [0.2, 0.25) is 0 Å². The first-order valence-electron chi connectivity index (χ1n) is 7.40. The highest BCUT2D eigenvalue weighted by Gasteiger charge is 2.42. The Morgan fingerprint density at radius 1 is 1.25 bits per heavy atom. The average Bonchev–Trinajstić information content (AvgIpc) is 2.40. The SMILES string of the molecule is CCOC(=O)C(CC)C(O)(CC(C)C)c1ccccc1. The van der Waals surface area contributed by atoms with Crippen LogP contribution in [0.3, 0.4) is 0 Å². The van der Waals surface area contributed by atoms with Gasteiger partial charge in [-0.3, -0.25) is 4.79 Å². The summed E-state index contributed by atoms with van der Waals surface area (Å²) in [6.07, 6.45) is 1.09. The summed E-state index contributed by atoms with van der Waals surface area (Å²) in [6.45, 7) is 8.13. The first-order chi connectivity index (χ1) is 9.45. The minimum Gasteiger partial charge on any atom is -0.466 e. The summed E-state index contributed by atoms with van der Waals surface area (Å²) in [5, 5.41) is 11.2. The number of esters is 1. The number of aliphatic hydroxyl groups is 1. The van der Waals surface area contributed by atoms with Crippen LogP contribution in [0.4, 0.5) is 0 Å². The van der Waals surface area contributed by atoms with E-state index in [1.807, 2.05) is 51.1 Å². The summed E-state index contributed by atoms with van der Waals surface area (Å²) >= 11 is 0. The van der Waals surface area contributed by atoms with Crippen LogP contribution in [0.5, 0.6) is 0 Å². The van der Waals surface area contributed by atoms with Crippen molar-refractivity contribution in [2.75, 3.05) is 6.61 Å². The predicted molar refractivity (Wildman–Crippen MR) is 80.2 cm³/mol. The van der Waals surface area contributed by atoms with Crippen molar-refractivity contribution in [1.82, 2.24) is 0 Å². The molecule has 0 fully saturated rings. The van der Waals surface area contributed by atoms with Crippen molar-refractivity contribution in [3.63, 3.8) is 0 Å². The van der Waals surface area contributed by atoms with Gasteiger partial charge in [-0.2, -0.15) is 0 Å². The average molecular weight is 278 g/mol. The fourth-order valence-corrected chi connectivity index (χ4v) is 2.75. The van der Waals surface area contributed by atoms with E-state index in [1.54, 1.807) is 6.92 Å². The van der Waals surface area contributed by atoms with E-state index < -0.39 is 11.5 Å². The lowest BCUT2D eigenvalue weighted by Gasteiger charge is -2.36. The van der Waals surface area contributed by atoms with Crippen molar-refractivity contribution < 1.29 is 14.6 Å². The number of benzene rings is 1. The van der Waals surface area contributed by atoms with Gasteiger partial charge >= 0.3 is 5.97 Å². The van der Waals surface area contributed by atoms with Crippen LogP contribution in [0.25, 0.3) is 0 Å². The number of rotatable bonds is 7. The zero-order valence-electron chi connectivity index (χ0n) is 12.9. The van der Waals surface area contributed by atoms with Gasteiger partial charge in [0.25, 0.3) is 0 Å². The number of ether oxygens (including phenoxy) is 1. The predicted octanol–water partition coefficient (Wildman–Crippen LogP) is 3.51. The Morgan fingerprint density at radius 2 is 1.85 bits per heavy atom. The van der Waals surface area contributed by atoms with Crippen LogP contribution in [0, 0.1) is 11.8 Å². The Morgan fingerprint density at radius 3 is 2.30 bits per heavy atom. The summed E-state index contributed by atoms with van der Waals surface area (Å²) in [5.41, 5.74) is -0.384. The third-order valence-electron chi connectivity index (χ3n) is 3.55. The molecule has 0 radical (unpaired) electrons. The fraction of sp³-hybridized carbons (Fsp3) is 0.588. The summed E-state index contributed by atoms with van der Waals surface area (Å²) in [6, 6.07) is 9.44. The quantitative estimate of drug-likeness (QED) is 0.776. The van der Waals surface area contributed by atoms with E-state index in [9.17, 15) is 9.90 Å². The largest absolute Gasteiger partial charge is 0.466 e. The summed E-state index contributed by atoms with van der Waals surface area (Å²) in [7, 11) is 0. The van der Waals surface area contributed by atoms with Crippen molar-refractivity contribution in [2.45, 2.75) is 46.1 Å². The molecule has 0 aliphatic carbocycles. The second-order valence-corrected chi connectivity index (χ2v) is 5.60. The van der Waals surface area contributed by atoms with Crippen molar-refractivity contribution in [3.05, 3.63) is 35.9 Å². The van der Waals surface area contributed by atoms with Crippen LogP contribution in [-0.4, -0.2) is 17.7 Å². The van der Waals surface area contributed by atoms with Gasteiger partial charge in [-0.25, -0.2) is 0 Å². The molecule has 112 valence electrons. The molecule has 0 aliphatic rings. The number of carbonyl (C=O) groups is 1. The Bertz CT molecular complexity index is 414. The molecular weight excluding hydrogens is 252 g/mol. The van der Waals surface area contributed by atoms with E-state index in [1.165, 1.54) is 0 Å². The van der Waals surface area contributed by atoms with E-state index in [-0.39, 0.29) is 11.9 Å². The molecule has 1 rings (SSSR count). The molecule has 3 nitrogen and oxygen atoms in total. The molecule has 0 heterocycles. The van der Waals surface area contributed by atoms with Gasteiger partial charge in [0.05, 0.1) is 12.5 Å². The maximum atomic E-state index is 12.2. The molecular formula is C17H26O3. The first kappa shape index (κ1) is 16.7. The summed E-state index contributed by atoms with van der Waals surface area (Å²) in [5.74, 6) is -0.571. The van der Waals surface area contributed by atoms with Crippen molar-refractivity contribution in [3.8, 4) is 0 Å². The topological polar surface area (TPSA) is 46.5 Å². The molecule has 0 aliphatic heterocycles. The Hall–Kier alpha value is -1.35. The van der Waals surface area contributed by atoms with Gasteiger partial charge in [0.2, 0.25) is 0 Å². The van der Waals surface area contributed by atoms with Gasteiger partial charge in [-0.05, 0) is 31.2 Å². The Balaban J connectivity index is 3.18. The van der Waals surface area contributed by atoms with Gasteiger partial charge < -0.3 is 9.84 Å². The number of hydrogen-bond acceptors (Lipinski definition) is 3. The molecule has 0 bridgehead atoms. The number of hydrogen-bond donors (Lipinski definition) is 1. The third kappa shape index (κ3) is 3.83. The second kappa shape index (κ2) is 7.44. The monoisotopic (exact) mass is 278 g/mol. The molecule has 0 aromatic heterocycles. The molecule has 1 aromatic carbocycles. The molecule has 3 heteroatoms. The van der Waals surface area contributed by atoms with E-state index >= 15 is 0 Å². The highest BCUT2D eigenvalue weighted by atomic mass is 16.5. The van der Waals surface area contributed by atoms with E-state index in [4.69, 9.17) is 4.74 Å². The maximum Gasteiger partial charge on any atom is 0.312 e. The lowest BCUT2D eigenvalue weighted by atomic mass is 9.74. The Labute approximate surface area is 122 Å². The standard InChI is InChI=1S/C17H26O3/c1-5-15(16(18)20-6-2)17(19,12-13(3)4)14-10-8-7-9-11-14/h7-11,13,15,19H,5-6,12H2,1-4H3. The number of carbonyl (C=O) groups excluding carboxylic acids is 1. The molecule has 1 aromatic rings. The molecule has 0 amide bonds. The van der Waals surface area contributed by atoms with Crippen molar-refractivity contribution in [1.29, 1.82) is 0 Å². The lowest BCUT2D eigenvalue weighted by Crippen LogP contribution is -2.41. The third-order valence-corrected chi connectivity index (χ3v) is 3.55. The second-order valence-electron chi connectivity index (χ2n) is 5.60. The molecule has 0 saturated carbocycles. The molecule has 0 saturated heterocycles. The molecule has 0 spiro atoms. The smallest absolute Gasteiger partial charge is 0.312 e. The summed E-state index contributed by atoms with van der Waals surface area (Å²) in [4.78, 5) is 12.2. The van der Waals surface area contributed by atoms with Crippen molar-refractivity contribution in [2.24, 2.45) is 11.8 Å². The fourth-order valence-electron chi connectivity index (χ4n) is 2.75. The summed E-state index contributed by atoms with van der Waals surface area (Å²) < 4.78 is 5.15. The van der Waals surface area contributed by atoms with Gasteiger partial charge in [0.1, 0.15) is 5.60 Å². The van der Waals surface area contributed by atoms with E-state index in [0.29, 0.717) is 19.4 Å². The van der Waals surface area contributed by atoms with Crippen molar-refractivity contribution >= 4 is 5.97 Å². The van der Waals surface area contributed by atoms with Gasteiger partial charge in [-0.1, -0.05) is 51.1 Å². The minimum absolute atomic E-state index is 0.281. The van der Waals surface area contributed by atoms with E-state index in [2.05, 4.69) is 0 Å². The highest BCUT2D eigenvalue weighted by molar-refractivity contribution is 5.74. The molecule has 1 N–H and O–H groups in total. The zero-order valence-corrected chi connectivity index (χ0v) is 12.9. The highest BCUT2D eigenvalue weighted by Crippen LogP contribution is 2.38. The lowest BCUT2D eigenvalue weighted by molar-refractivity contribution is -0.161. The zero-order chi connectivity index (χ0) is 15.2. The minimum atomic E-state index is -1.17. The molecule has 2 unspecified atom stereocenters. The maximum absolute atomic E-state index is 12.2. The van der Waals surface area contributed by atoms with Crippen LogP contribution in [0.1, 0.15) is 46.1 Å². The van der Waals surface area contributed by atoms with Gasteiger partial charge in [-0.15, -0.1) is 0 Å². The van der Waals surface area contributed by atoms with Gasteiger partial charge in [0.15, 0.2) is 0 Å². The van der Waals surface area contributed by atoms with Crippen LogP contribution in [0.15, 0.2) is 30.3 Å². The Kier molecular flexibility index (Phi) is 6.21. The first-order valence-corrected chi connectivity index (χ1v) is 7.40. The molecule has 20 heavy (non-hydrogen) atoms. The molecule has 2 atom stereocenters. The normalized spacial score (nSPS) is 15.7. The van der Waals surface area contributed by atoms with Crippen LogP contribution in [-0.2, 0) is 15.1 Å². The van der Waals surface area contributed by atoms with Crippen LogP contribution < -0.4 is 0 Å². The van der Waals surface area contributed by atoms with Crippen LogP contribution >= 0.6 is 0 Å².